The van der Waals surface area contributed by atoms with E-state index in [1.54, 1.807) is 12.1 Å². The van der Waals surface area contributed by atoms with Gasteiger partial charge in [0.1, 0.15) is 28.5 Å². The van der Waals surface area contributed by atoms with Crippen LogP contribution < -0.4 is 9.64 Å². The first-order valence-electron chi connectivity index (χ1n) is 22.2. The number of hydrogen-bond donors (Lipinski definition) is 0. The second-order valence-corrected chi connectivity index (χ2v) is 18.4. The van der Waals surface area contributed by atoms with Crippen molar-refractivity contribution < 1.29 is 13.5 Å². The van der Waals surface area contributed by atoms with Crippen LogP contribution in [0.2, 0.25) is 0 Å². The van der Waals surface area contributed by atoms with Crippen molar-refractivity contribution in [3.05, 3.63) is 246 Å². The number of para-hydroxylation sites is 1. The summed E-state index contributed by atoms with van der Waals surface area (Å²) in [5.74, 6) is 1.41. The molecule has 0 N–H and O–H groups in total. The number of ether oxygens (including phenoxy) is 1. The average Bonchev–Trinajstić information content (AvgIpc) is 4.03. The standard InChI is InChI=1S/C61H36FNO2S/c62-41-25-21-38(22-26-41)40-23-29-46-47-30-27-42(35-56(47)65-55(46)34-40)63(53-18-10-20-59-60(53)48-33-39(24-32-58(48)66-59)37-11-2-1-3-12-37)43-28-31-52-57(36-43)64-54-19-9-8-17-51(54)61(52)49-15-6-4-13-44(49)45-14-5-7-16-50(45)61/h1-36H. The van der Waals surface area contributed by atoms with Gasteiger partial charge in [-0.1, -0.05) is 133 Å². The maximum absolute atomic E-state index is 13.9. The van der Waals surface area contributed by atoms with Gasteiger partial charge in [-0.05, 0) is 117 Å². The minimum atomic E-state index is -0.571. The van der Waals surface area contributed by atoms with E-state index in [0.29, 0.717) is 0 Å². The van der Waals surface area contributed by atoms with Gasteiger partial charge >= 0.3 is 0 Å². The zero-order chi connectivity index (χ0) is 43.5. The van der Waals surface area contributed by atoms with Gasteiger partial charge in [0.05, 0.1) is 11.1 Å². The molecule has 1 aliphatic carbocycles. The van der Waals surface area contributed by atoms with Gasteiger partial charge in [-0.3, -0.25) is 0 Å². The lowest BCUT2D eigenvalue weighted by Crippen LogP contribution is -2.32. The van der Waals surface area contributed by atoms with Crippen molar-refractivity contribution in [3.8, 4) is 44.9 Å². The van der Waals surface area contributed by atoms with Gasteiger partial charge in [0.2, 0.25) is 0 Å². The number of rotatable bonds is 5. The van der Waals surface area contributed by atoms with Gasteiger partial charge in [-0.15, -0.1) is 11.3 Å². The van der Waals surface area contributed by atoms with Gasteiger partial charge < -0.3 is 14.1 Å². The highest BCUT2D eigenvalue weighted by atomic mass is 32.1. The molecule has 2 aromatic heterocycles. The van der Waals surface area contributed by atoms with Crippen molar-refractivity contribution in [2.75, 3.05) is 4.90 Å². The van der Waals surface area contributed by atoms with Crippen LogP contribution in [0.5, 0.6) is 11.5 Å². The molecule has 0 amide bonds. The number of nitrogens with zero attached hydrogens (tertiary/aromatic N) is 1. The van der Waals surface area contributed by atoms with Gasteiger partial charge in [-0.25, -0.2) is 4.39 Å². The Labute approximate surface area is 383 Å². The molecule has 0 fully saturated rings. The predicted octanol–water partition coefficient (Wildman–Crippen LogP) is 17.4. The summed E-state index contributed by atoms with van der Waals surface area (Å²) >= 11 is 1.82. The summed E-state index contributed by atoms with van der Waals surface area (Å²) in [6.45, 7) is 0. The highest BCUT2D eigenvalue weighted by Gasteiger charge is 2.51. The Bertz CT molecular complexity index is 3900. The van der Waals surface area contributed by atoms with E-state index in [-0.39, 0.29) is 5.82 Å². The van der Waals surface area contributed by atoms with Crippen molar-refractivity contribution in [1.82, 2.24) is 0 Å². The highest BCUT2D eigenvalue weighted by Crippen LogP contribution is 2.62. The van der Waals surface area contributed by atoms with E-state index < -0.39 is 5.41 Å². The Morgan fingerprint density at radius 1 is 0.409 bits per heavy atom. The molecule has 1 aliphatic heterocycles. The van der Waals surface area contributed by atoms with Crippen molar-refractivity contribution in [2.24, 2.45) is 0 Å². The van der Waals surface area contributed by atoms with Gasteiger partial charge in [-0.2, -0.15) is 0 Å². The molecule has 0 unspecified atom stereocenters. The first-order valence-corrected chi connectivity index (χ1v) is 23.1. The molecule has 310 valence electrons. The fourth-order valence-electron chi connectivity index (χ4n) is 10.9. The number of halogens is 1. The topological polar surface area (TPSA) is 25.6 Å². The Hall–Kier alpha value is -8.25. The lowest BCUT2D eigenvalue weighted by molar-refractivity contribution is 0.436. The SMILES string of the molecule is Fc1ccc(-c2ccc3c(c2)oc2cc(N(c4ccc5c(c4)Oc4ccccc4C54c5ccccc5-c5ccccc54)c4cccc5sc6ccc(-c7ccccc7)cc6c45)ccc23)cc1. The molecule has 3 nitrogen and oxygen atoms in total. The Kier molecular flexibility index (Phi) is 7.95. The molecule has 0 atom stereocenters. The quantitative estimate of drug-likeness (QED) is 0.172. The smallest absolute Gasteiger partial charge is 0.137 e. The third-order valence-corrected chi connectivity index (χ3v) is 14.9. The molecule has 5 heteroatoms. The first kappa shape index (κ1) is 37.2. The summed E-state index contributed by atoms with van der Waals surface area (Å²) in [5.41, 5.74) is 15.5. The van der Waals surface area contributed by atoms with Gasteiger partial charge in [0.25, 0.3) is 0 Å². The summed E-state index contributed by atoms with van der Waals surface area (Å²) in [6, 6.07) is 76.5. The van der Waals surface area contributed by atoms with Crippen LogP contribution in [-0.4, -0.2) is 0 Å². The highest BCUT2D eigenvalue weighted by molar-refractivity contribution is 7.26. The molecule has 3 heterocycles. The third kappa shape index (κ3) is 5.35. The minimum Gasteiger partial charge on any atom is -0.457 e. The minimum absolute atomic E-state index is 0.257. The lowest BCUT2D eigenvalue weighted by Gasteiger charge is -2.40. The molecular formula is C61H36FNO2S. The van der Waals surface area contributed by atoms with Crippen molar-refractivity contribution in [1.29, 1.82) is 0 Å². The number of fused-ring (bicyclic) bond motifs is 15. The van der Waals surface area contributed by atoms with Crippen LogP contribution in [0.3, 0.4) is 0 Å². The molecule has 0 radical (unpaired) electrons. The zero-order valence-electron chi connectivity index (χ0n) is 35.3. The molecule has 66 heavy (non-hydrogen) atoms. The molecule has 1 spiro atoms. The lowest BCUT2D eigenvalue weighted by atomic mass is 9.66. The number of hydrogen-bond acceptors (Lipinski definition) is 4. The van der Waals surface area contributed by atoms with Crippen LogP contribution in [0, 0.1) is 5.82 Å². The average molecular weight is 866 g/mol. The van der Waals surface area contributed by atoms with Crippen LogP contribution >= 0.6 is 11.3 Å². The van der Waals surface area contributed by atoms with Gasteiger partial charge in [0.15, 0.2) is 0 Å². The Morgan fingerprint density at radius 2 is 1.02 bits per heavy atom. The van der Waals surface area contributed by atoms with Crippen molar-refractivity contribution >= 4 is 70.5 Å². The first-order chi connectivity index (χ1) is 32.6. The molecule has 0 bridgehead atoms. The number of benzene rings is 10. The van der Waals surface area contributed by atoms with Crippen molar-refractivity contribution in [2.45, 2.75) is 5.41 Å². The molecule has 10 aromatic carbocycles. The maximum atomic E-state index is 13.9. The fraction of sp³-hybridized carbons (Fsp3) is 0.0164. The summed E-state index contributed by atoms with van der Waals surface area (Å²) < 4.78 is 30.1. The Balaban J connectivity index is 1.01. The molecule has 12 aromatic rings. The second-order valence-electron chi connectivity index (χ2n) is 17.3. The molecular weight excluding hydrogens is 830 g/mol. The zero-order valence-corrected chi connectivity index (χ0v) is 36.2. The van der Waals surface area contributed by atoms with E-state index in [0.717, 1.165) is 72.8 Å². The molecule has 0 saturated carbocycles. The number of thiophene rings is 1. The normalized spacial score (nSPS) is 13.2. The predicted molar refractivity (Wildman–Crippen MR) is 269 cm³/mol. The monoisotopic (exact) mass is 865 g/mol. The maximum Gasteiger partial charge on any atom is 0.137 e. The van der Waals surface area contributed by atoms with Crippen molar-refractivity contribution in [3.63, 3.8) is 0 Å². The largest absolute Gasteiger partial charge is 0.457 e. The van der Waals surface area contributed by atoms with E-state index in [2.05, 4.69) is 199 Å². The van der Waals surface area contributed by atoms with E-state index >= 15 is 0 Å². The van der Waals surface area contributed by atoms with E-state index in [9.17, 15) is 4.39 Å². The summed E-state index contributed by atoms with van der Waals surface area (Å²) in [7, 11) is 0. The molecule has 0 saturated heterocycles. The van der Waals surface area contributed by atoms with Gasteiger partial charge in [0, 0.05) is 65.6 Å². The van der Waals surface area contributed by atoms with Crippen LogP contribution in [0.15, 0.2) is 223 Å². The van der Waals surface area contributed by atoms with E-state index in [1.807, 2.05) is 11.3 Å². The van der Waals surface area contributed by atoms with E-state index in [4.69, 9.17) is 9.15 Å². The number of furan rings is 1. The third-order valence-electron chi connectivity index (χ3n) is 13.8. The Morgan fingerprint density at radius 3 is 1.82 bits per heavy atom. The van der Waals surface area contributed by atoms with Crippen LogP contribution in [-0.2, 0) is 5.41 Å². The number of anilines is 3. The summed E-state index contributed by atoms with van der Waals surface area (Å²) in [6.07, 6.45) is 0. The van der Waals surface area contributed by atoms with Crippen LogP contribution in [0.1, 0.15) is 22.3 Å². The second kappa shape index (κ2) is 14.1. The van der Waals surface area contributed by atoms with Crippen LogP contribution in [0.25, 0.3) is 75.5 Å². The summed E-state index contributed by atoms with van der Waals surface area (Å²) in [5, 5.41) is 4.44. The fourth-order valence-corrected chi connectivity index (χ4v) is 12.1. The van der Waals surface area contributed by atoms with Crippen LogP contribution in [0.4, 0.5) is 21.5 Å². The van der Waals surface area contributed by atoms with E-state index in [1.165, 1.54) is 65.7 Å². The molecule has 14 rings (SSSR count). The molecule has 2 aliphatic rings. The summed E-state index contributed by atoms with van der Waals surface area (Å²) in [4.78, 5) is 2.37.